The van der Waals surface area contributed by atoms with Crippen molar-refractivity contribution in [3.05, 3.63) is 54.7 Å². The molecule has 2 aromatic carbocycles. The van der Waals surface area contributed by atoms with E-state index in [1.165, 1.54) is 6.20 Å². The summed E-state index contributed by atoms with van der Waals surface area (Å²) < 4.78 is 10.5. The zero-order chi connectivity index (χ0) is 19.9. The average Bonchev–Trinajstić information content (AvgIpc) is 2.68. The monoisotopic (exact) mass is 380 g/mol. The summed E-state index contributed by atoms with van der Waals surface area (Å²) in [6, 6.07) is 13.3. The molecule has 0 aliphatic heterocycles. The first kappa shape index (κ1) is 18.8. The molecular weight excluding hydrogens is 360 g/mol. The maximum Gasteiger partial charge on any atom is 0.324 e. The lowest BCUT2D eigenvalue weighted by molar-refractivity contribution is 0.262. The lowest BCUT2D eigenvalue weighted by Crippen LogP contribution is -2.20. The first-order chi connectivity index (χ1) is 13.6. The molecule has 0 saturated heterocycles. The number of benzene rings is 2. The van der Waals surface area contributed by atoms with Gasteiger partial charge in [0.25, 0.3) is 0 Å². The van der Waals surface area contributed by atoms with Crippen LogP contribution in [0.1, 0.15) is 0 Å². The molecule has 0 fully saturated rings. The number of aromatic nitrogens is 2. The molecular formula is C19H20N6O3. The summed E-state index contributed by atoms with van der Waals surface area (Å²) in [5.41, 5.74) is 7.49. The second kappa shape index (κ2) is 8.58. The number of ether oxygens (including phenoxy) is 2. The van der Waals surface area contributed by atoms with Crippen LogP contribution in [0.2, 0.25) is 0 Å². The highest BCUT2D eigenvalue weighted by Gasteiger charge is 2.09. The van der Waals surface area contributed by atoms with Crippen LogP contribution in [-0.2, 0) is 0 Å². The quantitative estimate of drug-likeness (QED) is 0.483. The van der Waals surface area contributed by atoms with Crippen molar-refractivity contribution < 1.29 is 14.3 Å². The lowest BCUT2D eigenvalue weighted by Gasteiger charge is -2.12. The van der Waals surface area contributed by atoms with Crippen molar-refractivity contribution in [3.8, 4) is 11.5 Å². The summed E-state index contributed by atoms with van der Waals surface area (Å²) in [6.45, 7) is 0. The van der Waals surface area contributed by atoms with Crippen molar-refractivity contribution in [2.24, 2.45) is 0 Å². The molecule has 28 heavy (non-hydrogen) atoms. The highest BCUT2D eigenvalue weighted by atomic mass is 16.5. The number of nitrogens with zero attached hydrogens (tertiary/aromatic N) is 2. The van der Waals surface area contributed by atoms with Crippen molar-refractivity contribution in [2.75, 3.05) is 35.9 Å². The highest BCUT2D eigenvalue weighted by Crippen LogP contribution is 2.30. The second-order valence-electron chi connectivity index (χ2n) is 5.66. The lowest BCUT2D eigenvalue weighted by atomic mass is 10.2. The van der Waals surface area contributed by atoms with E-state index in [0.29, 0.717) is 40.3 Å². The molecule has 0 saturated carbocycles. The minimum atomic E-state index is -0.447. The van der Waals surface area contributed by atoms with Crippen LogP contribution in [-0.4, -0.2) is 30.2 Å². The Bertz CT molecular complexity index is 979. The largest absolute Gasteiger partial charge is 0.497 e. The third kappa shape index (κ3) is 4.79. The highest BCUT2D eigenvalue weighted by molar-refractivity contribution is 5.99. The number of amides is 2. The van der Waals surface area contributed by atoms with Gasteiger partial charge in [-0.1, -0.05) is 6.07 Å². The molecule has 0 aliphatic rings. The Morgan fingerprint density at radius 1 is 1.04 bits per heavy atom. The van der Waals surface area contributed by atoms with Crippen molar-refractivity contribution >= 4 is 34.9 Å². The Morgan fingerprint density at radius 2 is 1.89 bits per heavy atom. The molecule has 0 atom stereocenters. The van der Waals surface area contributed by atoms with E-state index in [1.807, 2.05) is 0 Å². The predicted molar refractivity (Wildman–Crippen MR) is 108 cm³/mol. The Balaban J connectivity index is 1.69. The van der Waals surface area contributed by atoms with E-state index >= 15 is 0 Å². The fourth-order valence-corrected chi connectivity index (χ4v) is 2.41. The number of nitrogens with two attached hydrogens (primary N) is 1. The number of nitrogens with one attached hydrogen (secondary N) is 3. The second-order valence-corrected chi connectivity index (χ2v) is 5.66. The summed E-state index contributed by atoms with van der Waals surface area (Å²) in [6.07, 6.45) is 1.53. The number of rotatable bonds is 6. The number of hydrogen-bond acceptors (Lipinski definition) is 7. The number of hydrogen-bond donors (Lipinski definition) is 4. The van der Waals surface area contributed by atoms with Crippen LogP contribution in [0, 0.1) is 0 Å². The van der Waals surface area contributed by atoms with Gasteiger partial charge in [-0.05, 0) is 36.4 Å². The summed E-state index contributed by atoms with van der Waals surface area (Å²) in [5.74, 6) is 1.86. The van der Waals surface area contributed by atoms with Crippen molar-refractivity contribution in [3.63, 3.8) is 0 Å². The molecule has 3 rings (SSSR count). The zero-order valence-electron chi connectivity index (χ0n) is 15.4. The molecule has 1 aromatic heterocycles. The zero-order valence-corrected chi connectivity index (χ0v) is 15.4. The van der Waals surface area contributed by atoms with E-state index in [1.54, 1.807) is 62.8 Å². The minimum Gasteiger partial charge on any atom is -0.497 e. The summed E-state index contributed by atoms with van der Waals surface area (Å²) in [7, 11) is 3.13. The molecule has 9 nitrogen and oxygen atoms in total. The molecule has 0 bridgehead atoms. The van der Waals surface area contributed by atoms with Gasteiger partial charge >= 0.3 is 6.03 Å². The number of anilines is 5. The van der Waals surface area contributed by atoms with Gasteiger partial charge in [-0.3, -0.25) is 5.32 Å². The maximum absolute atomic E-state index is 12.2. The Labute approximate surface area is 161 Å². The summed E-state index contributed by atoms with van der Waals surface area (Å²) in [5, 5.41) is 8.39. The van der Waals surface area contributed by atoms with Gasteiger partial charge in [0.05, 0.1) is 19.9 Å². The number of carbonyl (C=O) groups is 1. The van der Waals surface area contributed by atoms with Gasteiger partial charge in [0.1, 0.15) is 17.3 Å². The van der Waals surface area contributed by atoms with Crippen LogP contribution in [0.15, 0.2) is 54.7 Å². The SMILES string of the molecule is COc1ccc(Nc2nccc(NC(=O)Nc3cccc(N)c3)n2)c(OC)c1. The van der Waals surface area contributed by atoms with E-state index in [2.05, 4.69) is 25.9 Å². The van der Waals surface area contributed by atoms with Gasteiger partial charge in [0, 0.05) is 23.6 Å². The van der Waals surface area contributed by atoms with Crippen LogP contribution in [0.3, 0.4) is 0 Å². The third-order valence-electron chi connectivity index (χ3n) is 3.70. The average molecular weight is 380 g/mol. The van der Waals surface area contributed by atoms with Gasteiger partial charge in [0.15, 0.2) is 0 Å². The number of carbonyl (C=O) groups excluding carboxylic acids is 1. The summed E-state index contributed by atoms with van der Waals surface area (Å²) >= 11 is 0. The van der Waals surface area contributed by atoms with Gasteiger partial charge in [0.2, 0.25) is 5.95 Å². The fourth-order valence-electron chi connectivity index (χ4n) is 2.41. The van der Waals surface area contributed by atoms with E-state index in [9.17, 15) is 4.79 Å². The smallest absolute Gasteiger partial charge is 0.324 e. The normalized spacial score (nSPS) is 10.1. The Hall–Kier alpha value is -4.01. The molecule has 144 valence electrons. The van der Waals surface area contributed by atoms with Gasteiger partial charge in [-0.15, -0.1) is 0 Å². The van der Waals surface area contributed by atoms with Crippen LogP contribution >= 0.6 is 0 Å². The number of nitrogen functional groups attached to an aromatic ring is 1. The van der Waals surface area contributed by atoms with Gasteiger partial charge < -0.3 is 25.8 Å². The number of methoxy groups -OCH3 is 2. The maximum atomic E-state index is 12.2. The van der Waals surface area contributed by atoms with Crippen LogP contribution in [0.5, 0.6) is 11.5 Å². The van der Waals surface area contributed by atoms with E-state index in [-0.39, 0.29) is 0 Å². The molecule has 0 spiro atoms. The van der Waals surface area contributed by atoms with E-state index in [4.69, 9.17) is 15.2 Å². The molecule has 0 unspecified atom stereocenters. The topological polar surface area (TPSA) is 123 Å². The van der Waals surface area contributed by atoms with Gasteiger partial charge in [-0.25, -0.2) is 9.78 Å². The molecule has 9 heteroatoms. The minimum absolute atomic E-state index is 0.297. The van der Waals surface area contributed by atoms with Crippen LogP contribution in [0.25, 0.3) is 0 Å². The fraction of sp³-hybridized carbons (Fsp3) is 0.105. The van der Waals surface area contributed by atoms with Gasteiger partial charge in [-0.2, -0.15) is 4.98 Å². The predicted octanol–water partition coefficient (Wildman–Crippen LogP) is 3.46. The van der Waals surface area contributed by atoms with Crippen molar-refractivity contribution in [1.82, 2.24) is 9.97 Å². The number of urea groups is 1. The van der Waals surface area contributed by atoms with E-state index < -0.39 is 6.03 Å². The third-order valence-corrected chi connectivity index (χ3v) is 3.70. The first-order valence-electron chi connectivity index (χ1n) is 8.33. The van der Waals surface area contributed by atoms with Crippen LogP contribution < -0.4 is 31.2 Å². The molecule has 3 aromatic rings. The summed E-state index contributed by atoms with van der Waals surface area (Å²) in [4.78, 5) is 20.6. The molecule has 1 heterocycles. The Morgan fingerprint density at radius 3 is 2.64 bits per heavy atom. The molecule has 2 amide bonds. The van der Waals surface area contributed by atoms with Crippen molar-refractivity contribution in [1.29, 1.82) is 0 Å². The van der Waals surface area contributed by atoms with Crippen molar-refractivity contribution in [2.45, 2.75) is 0 Å². The Kier molecular flexibility index (Phi) is 5.75. The van der Waals surface area contributed by atoms with Crippen LogP contribution in [0.4, 0.5) is 33.6 Å². The standard InChI is InChI=1S/C19H20N6O3/c1-27-14-6-7-15(16(11-14)28-2)23-18-21-9-8-17(24-18)25-19(26)22-13-5-3-4-12(20)10-13/h3-11H,20H2,1-2H3,(H3,21,22,23,24,25,26). The first-order valence-corrected chi connectivity index (χ1v) is 8.33. The molecule has 0 aliphatic carbocycles. The molecule has 0 radical (unpaired) electrons. The van der Waals surface area contributed by atoms with E-state index in [0.717, 1.165) is 0 Å². The molecule has 5 N–H and O–H groups in total.